The van der Waals surface area contributed by atoms with Crippen LogP contribution in [0.15, 0.2) is 24.3 Å². The van der Waals surface area contributed by atoms with Crippen molar-refractivity contribution in [3.8, 4) is 0 Å². The first-order chi connectivity index (χ1) is 9.52. The minimum absolute atomic E-state index is 0. The fraction of sp³-hybridized carbons (Fsp3) is 0.467. The van der Waals surface area contributed by atoms with E-state index in [0.29, 0.717) is 6.42 Å². The summed E-state index contributed by atoms with van der Waals surface area (Å²) in [5.74, 6) is -0.0661. The summed E-state index contributed by atoms with van der Waals surface area (Å²) in [6.07, 6.45) is 1.33. The fourth-order valence-corrected chi connectivity index (χ4v) is 1.91. The van der Waals surface area contributed by atoms with E-state index >= 15 is 0 Å². The summed E-state index contributed by atoms with van der Waals surface area (Å²) in [7, 11) is 1.87. The summed E-state index contributed by atoms with van der Waals surface area (Å²) in [5.41, 5.74) is 1.71. The molecular formula is C15H24ClN3O2. The predicted molar refractivity (Wildman–Crippen MR) is 87.7 cm³/mol. The van der Waals surface area contributed by atoms with Crippen LogP contribution in [0.2, 0.25) is 0 Å². The molecule has 3 N–H and O–H groups in total. The second-order valence-corrected chi connectivity index (χ2v) is 4.80. The summed E-state index contributed by atoms with van der Waals surface area (Å²) in [5, 5.41) is 8.71. The summed E-state index contributed by atoms with van der Waals surface area (Å²) >= 11 is 0. The van der Waals surface area contributed by atoms with Crippen molar-refractivity contribution in [3.05, 3.63) is 29.8 Å². The molecule has 1 aromatic rings. The van der Waals surface area contributed by atoms with Gasteiger partial charge in [-0.1, -0.05) is 12.1 Å². The van der Waals surface area contributed by atoms with Crippen LogP contribution in [0, 0.1) is 0 Å². The Morgan fingerprint density at radius 2 is 2.00 bits per heavy atom. The molecule has 0 fully saturated rings. The van der Waals surface area contributed by atoms with Crippen molar-refractivity contribution < 1.29 is 9.59 Å². The van der Waals surface area contributed by atoms with Crippen molar-refractivity contribution in [3.63, 3.8) is 0 Å². The summed E-state index contributed by atoms with van der Waals surface area (Å²) in [6, 6.07) is 7.42. The van der Waals surface area contributed by atoms with Gasteiger partial charge < -0.3 is 16.0 Å². The number of amides is 2. The summed E-state index contributed by atoms with van der Waals surface area (Å²) in [6.45, 7) is 4.24. The summed E-state index contributed by atoms with van der Waals surface area (Å²) in [4.78, 5) is 22.8. The van der Waals surface area contributed by atoms with E-state index in [1.807, 2.05) is 38.2 Å². The third-order valence-electron chi connectivity index (χ3n) is 2.92. The molecule has 2 amide bonds. The van der Waals surface area contributed by atoms with Gasteiger partial charge in [0.25, 0.3) is 0 Å². The Morgan fingerprint density at radius 3 is 2.62 bits per heavy atom. The SMILES string of the molecule is CNCCCC(=O)NC(C)c1cccc(NC(C)=O)c1.Cl. The molecule has 1 aromatic carbocycles. The maximum absolute atomic E-state index is 11.8. The van der Waals surface area contributed by atoms with Crippen LogP contribution in [0.1, 0.15) is 38.3 Å². The first-order valence-corrected chi connectivity index (χ1v) is 6.84. The van der Waals surface area contributed by atoms with Crippen LogP contribution in [-0.2, 0) is 9.59 Å². The van der Waals surface area contributed by atoms with Gasteiger partial charge in [0.15, 0.2) is 0 Å². The van der Waals surface area contributed by atoms with Gasteiger partial charge in [-0.15, -0.1) is 12.4 Å². The van der Waals surface area contributed by atoms with Crippen molar-refractivity contribution in [2.75, 3.05) is 18.9 Å². The molecule has 0 radical (unpaired) electrons. The number of rotatable bonds is 7. The third-order valence-corrected chi connectivity index (χ3v) is 2.92. The number of halogens is 1. The van der Waals surface area contributed by atoms with Crippen molar-refractivity contribution in [2.45, 2.75) is 32.7 Å². The molecule has 0 heterocycles. The largest absolute Gasteiger partial charge is 0.350 e. The van der Waals surface area contributed by atoms with Crippen LogP contribution in [0.3, 0.4) is 0 Å². The van der Waals surface area contributed by atoms with E-state index in [9.17, 15) is 9.59 Å². The van der Waals surface area contributed by atoms with Gasteiger partial charge in [0, 0.05) is 19.0 Å². The maximum atomic E-state index is 11.8. The van der Waals surface area contributed by atoms with E-state index in [4.69, 9.17) is 0 Å². The van der Waals surface area contributed by atoms with Crippen LogP contribution < -0.4 is 16.0 Å². The average Bonchev–Trinajstić information content (AvgIpc) is 2.38. The standard InChI is InChI=1S/C15H23N3O2.ClH/c1-11(17-15(20)8-5-9-16-3)13-6-4-7-14(10-13)18-12(2)19;/h4,6-7,10-11,16H,5,8-9H2,1-3H3,(H,17,20)(H,18,19);1H. The molecular weight excluding hydrogens is 290 g/mol. The number of carbonyl (C=O) groups is 2. The van der Waals surface area contributed by atoms with Gasteiger partial charge in [-0.05, 0) is 44.6 Å². The minimum Gasteiger partial charge on any atom is -0.350 e. The van der Waals surface area contributed by atoms with Crippen molar-refractivity contribution in [1.82, 2.24) is 10.6 Å². The van der Waals surface area contributed by atoms with Gasteiger partial charge in [-0.3, -0.25) is 9.59 Å². The Morgan fingerprint density at radius 1 is 1.29 bits per heavy atom. The van der Waals surface area contributed by atoms with E-state index in [0.717, 1.165) is 24.2 Å². The molecule has 6 heteroatoms. The molecule has 21 heavy (non-hydrogen) atoms. The van der Waals surface area contributed by atoms with Crippen LogP contribution in [0.25, 0.3) is 0 Å². The lowest BCUT2D eigenvalue weighted by atomic mass is 10.1. The number of anilines is 1. The molecule has 118 valence electrons. The molecule has 0 aromatic heterocycles. The minimum atomic E-state index is -0.106. The van der Waals surface area contributed by atoms with E-state index in [2.05, 4.69) is 16.0 Å². The van der Waals surface area contributed by atoms with Gasteiger partial charge in [-0.25, -0.2) is 0 Å². The average molecular weight is 314 g/mol. The second-order valence-electron chi connectivity index (χ2n) is 4.80. The third kappa shape index (κ3) is 7.68. The smallest absolute Gasteiger partial charge is 0.221 e. The van der Waals surface area contributed by atoms with E-state index < -0.39 is 0 Å². The quantitative estimate of drug-likeness (QED) is 0.676. The Kier molecular flexibility index (Phi) is 9.41. The van der Waals surface area contributed by atoms with E-state index in [-0.39, 0.29) is 30.3 Å². The van der Waals surface area contributed by atoms with Crippen LogP contribution in [-0.4, -0.2) is 25.4 Å². The van der Waals surface area contributed by atoms with Gasteiger partial charge in [0.1, 0.15) is 0 Å². The Balaban J connectivity index is 0.00000400. The van der Waals surface area contributed by atoms with Crippen LogP contribution in [0.5, 0.6) is 0 Å². The highest BCUT2D eigenvalue weighted by molar-refractivity contribution is 5.88. The van der Waals surface area contributed by atoms with E-state index in [1.54, 1.807) is 0 Å². The lowest BCUT2D eigenvalue weighted by molar-refractivity contribution is -0.121. The lowest BCUT2D eigenvalue weighted by Gasteiger charge is -2.15. The van der Waals surface area contributed by atoms with Crippen LogP contribution >= 0.6 is 12.4 Å². The molecule has 5 nitrogen and oxygen atoms in total. The first-order valence-electron chi connectivity index (χ1n) is 6.84. The van der Waals surface area contributed by atoms with Crippen LogP contribution in [0.4, 0.5) is 5.69 Å². The molecule has 0 saturated carbocycles. The Bertz CT molecular complexity index is 466. The molecule has 0 aliphatic carbocycles. The number of benzene rings is 1. The van der Waals surface area contributed by atoms with Crippen molar-refractivity contribution in [2.24, 2.45) is 0 Å². The zero-order valence-corrected chi connectivity index (χ0v) is 13.5. The van der Waals surface area contributed by atoms with Gasteiger partial charge >= 0.3 is 0 Å². The molecule has 1 rings (SSSR count). The first kappa shape index (κ1) is 19.4. The lowest BCUT2D eigenvalue weighted by Crippen LogP contribution is -2.27. The number of nitrogens with one attached hydrogen (secondary N) is 3. The predicted octanol–water partition coefficient (Wildman–Crippen LogP) is 2.24. The fourth-order valence-electron chi connectivity index (χ4n) is 1.91. The highest BCUT2D eigenvalue weighted by atomic mass is 35.5. The zero-order valence-electron chi connectivity index (χ0n) is 12.7. The van der Waals surface area contributed by atoms with Crippen molar-refractivity contribution >= 4 is 29.9 Å². The topological polar surface area (TPSA) is 70.2 Å². The molecule has 0 saturated heterocycles. The van der Waals surface area contributed by atoms with Crippen molar-refractivity contribution in [1.29, 1.82) is 0 Å². The normalized spacial score (nSPS) is 11.2. The molecule has 1 unspecified atom stereocenters. The molecule has 0 aliphatic rings. The summed E-state index contributed by atoms with van der Waals surface area (Å²) < 4.78 is 0. The van der Waals surface area contributed by atoms with Gasteiger partial charge in [-0.2, -0.15) is 0 Å². The van der Waals surface area contributed by atoms with E-state index in [1.165, 1.54) is 6.92 Å². The monoisotopic (exact) mass is 313 g/mol. The second kappa shape index (κ2) is 10.2. The Hall–Kier alpha value is -1.59. The molecule has 0 bridgehead atoms. The number of carbonyl (C=O) groups excluding carboxylic acids is 2. The molecule has 0 aliphatic heterocycles. The molecule has 0 spiro atoms. The maximum Gasteiger partial charge on any atom is 0.221 e. The number of hydrogen-bond donors (Lipinski definition) is 3. The Labute approximate surface area is 132 Å². The molecule has 1 atom stereocenters. The van der Waals surface area contributed by atoms with Gasteiger partial charge in [0.2, 0.25) is 11.8 Å². The highest BCUT2D eigenvalue weighted by Gasteiger charge is 2.09. The highest BCUT2D eigenvalue weighted by Crippen LogP contribution is 2.17. The number of hydrogen-bond acceptors (Lipinski definition) is 3. The zero-order chi connectivity index (χ0) is 15.0. The van der Waals surface area contributed by atoms with Gasteiger partial charge in [0.05, 0.1) is 6.04 Å².